The molecule has 0 aliphatic carbocycles. The quantitative estimate of drug-likeness (QED) is 0.208. The first-order valence-electron chi connectivity index (χ1n) is 12.1. The number of esters is 1. The SMILES string of the molecule is CCCCCCOC(=O)c1ccc(-c2nc(-c3ccccc3)nc(-c3ccc(OC)cc3O)n2)cc1. The number of aromatic nitrogens is 3. The Balaban J connectivity index is 1.64. The molecular formula is C29H29N3O4. The Morgan fingerprint density at radius 3 is 2.11 bits per heavy atom. The van der Waals surface area contributed by atoms with Crippen LogP contribution in [0.5, 0.6) is 11.5 Å². The molecule has 36 heavy (non-hydrogen) atoms. The minimum Gasteiger partial charge on any atom is -0.507 e. The molecule has 0 aliphatic rings. The lowest BCUT2D eigenvalue weighted by Crippen LogP contribution is -2.06. The van der Waals surface area contributed by atoms with Crippen molar-refractivity contribution in [3.05, 3.63) is 78.4 Å². The topological polar surface area (TPSA) is 94.4 Å². The fraction of sp³-hybridized carbons (Fsp3) is 0.241. The van der Waals surface area contributed by atoms with Gasteiger partial charge in [-0.3, -0.25) is 0 Å². The molecule has 0 amide bonds. The number of hydrogen-bond donors (Lipinski definition) is 1. The molecule has 0 saturated carbocycles. The van der Waals surface area contributed by atoms with E-state index in [9.17, 15) is 9.90 Å². The largest absolute Gasteiger partial charge is 0.507 e. The number of hydrogen-bond acceptors (Lipinski definition) is 7. The zero-order valence-corrected chi connectivity index (χ0v) is 20.5. The van der Waals surface area contributed by atoms with Crippen LogP contribution >= 0.6 is 0 Å². The van der Waals surface area contributed by atoms with Crippen molar-refractivity contribution in [1.29, 1.82) is 0 Å². The van der Waals surface area contributed by atoms with Crippen molar-refractivity contribution >= 4 is 5.97 Å². The van der Waals surface area contributed by atoms with E-state index in [1.807, 2.05) is 30.3 Å². The Morgan fingerprint density at radius 1 is 0.806 bits per heavy atom. The van der Waals surface area contributed by atoms with E-state index in [-0.39, 0.29) is 11.7 Å². The van der Waals surface area contributed by atoms with Crippen LogP contribution in [0, 0.1) is 0 Å². The van der Waals surface area contributed by atoms with Crippen LogP contribution in [0.25, 0.3) is 34.2 Å². The zero-order valence-electron chi connectivity index (χ0n) is 20.5. The Hall–Kier alpha value is -4.26. The molecule has 4 aromatic rings. The predicted octanol–water partition coefficient (Wildman–Crippen LogP) is 6.32. The fourth-order valence-corrected chi connectivity index (χ4v) is 3.70. The van der Waals surface area contributed by atoms with E-state index in [0.29, 0.717) is 46.5 Å². The number of phenolic OH excluding ortho intramolecular Hbond substituents is 1. The van der Waals surface area contributed by atoms with Crippen molar-refractivity contribution in [2.75, 3.05) is 13.7 Å². The molecule has 184 valence electrons. The first-order valence-corrected chi connectivity index (χ1v) is 12.1. The Bertz CT molecular complexity index is 1310. The second-order valence-electron chi connectivity index (χ2n) is 8.33. The maximum Gasteiger partial charge on any atom is 0.338 e. The monoisotopic (exact) mass is 483 g/mol. The number of ether oxygens (including phenoxy) is 2. The molecule has 0 fully saturated rings. The highest BCUT2D eigenvalue weighted by Crippen LogP contribution is 2.32. The van der Waals surface area contributed by atoms with Gasteiger partial charge in [0, 0.05) is 17.2 Å². The molecule has 0 bridgehead atoms. The van der Waals surface area contributed by atoms with Crippen molar-refractivity contribution in [3.8, 4) is 45.7 Å². The summed E-state index contributed by atoms with van der Waals surface area (Å²) in [5.74, 6) is 1.41. The molecule has 0 aliphatic heterocycles. The highest BCUT2D eigenvalue weighted by molar-refractivity contribution is 5.90. The van der Waals surface area contributed by atoms with Crippen molar-refractivity contribution < 1.29 is 19.4 Å². The molecule has 7 nitrogen and oxygen atoms in total. The number of carbonyl (C=O) groups is 1. The van der Waals surface area contributed by atoms with Gasteiger partial charge in [0.15, 0.2) is 17.5 Å². The van der Waals surface area contributed by atoms with Crippen LogP contribution in [0.2, 0.25) is 0 Å². The summed E-state index contributed by atoms with van der Waals surface area (Å²) in [7, 11) is 1.54. The van der Waals surface area contributed by atoms with Crippen LogP contribution in [0.15, 0.2) is 72.8 Å². The van der Waals surface area contributed by atoms with Crippen molar-refractivity contribution in [1.82, 2.24) is 15.0 Å². The number of unbranched alkanes of at least 4 members (excludes halogenated alkanes) is 3. The smallest absolute Gasteiger partial charge is 0.338 e. The number of carbonyl (C=O) groups excluding carboxylic acids is 1. The van der Waals surface area contributed by atoms with E-state index in [2.05, 4.69) is 21.9 Å². The van der Waals surface area contributed by atoms with Gasteiger partial charge in [-0.05, 0) is 30.7 Å². The highest BCUT2D eigenvalue weighted by Gasteiger charge is 2.16. The second kappa shape index (κ2) is 11.9. The lowest BCUT2D eigenvalue weighted by atomic mass is 10.1. The molecule has 0 spiro atoms. The van der Waals surface area contributed by atoms with E-state index < -0.39 is 0 Å². The average molecular weight is 484 g/mol. The van der Waals surface area contributed by atoms with Gasteiger partial charge >= 0.3 is 5.97 Å². The molecule has 0 radical (unpaired) electrons. The standard InChI is InChI=1S/C29H29N3O4/c1-3-4-5-9-18-36-29(34)22-14-12-21(13-15-22)27-30-26(20-10-7-6-8-11-20)31-28(32-27)24-17-16-23(35-2)19-25(24)33/h6-8,10-17,19,33H,3-5,9,18H2,1-2H3. The summed E-state index contributed by atoms with van der Waals surface area (Å²) in [6.45, 7) is 2.56. The molecule has 1 N–H and O–H groups in total. The molecule has 1 heterocycles. The van der Waals surface area contributed by atoms with Crippen LogP contribution < -0.4 is 4.74 Å². The summed E-state index contributed by atoms with van der Waals surface area (Å²) >= 11 is 0. The maximum atomic E-state index is 12.4. The van der Waals surface area contributed by atoms with Gasteiger partial charge in [-0.15, -0.1) is 0 Å². The first-order chi connectivity index (χ1) is 17.6. The highest BCUT2D eigenvalue weighted by atomic mass is 16.5. The molecule has 7 heteroatoms. The first kappa shape index (κ1) is 24.9. The van der Waals surface area contributed by atoms with Gasteiger partial charge in [-0.1, -0.05) is 68.7 Å². The van der Waals surface area contributed by atoms with Gasteiger partial charge in [0.05, 0.1) is 24.8 Å². The van der Waals surface area contributed by atoms with Gasteiger partial charge in [0.1, 0.15) is 11.5 Å². The van der Waals surface area contributed by atoms with Crippen LogP contribution in [0.4, 0.5) is 0 Å². The zero-order chi connectivity index (χ0) is 25.3. The average Bonchev–Trinajstić information content (AvgIpc) is 2.93. The van der Waals surface area contributed by atoms with Crippen LogP contribution in [0.3, 0.4) is 0 Å². The Labute approximate surface area is 210 Å². The van der Waals surface area contributed by atoms with Crippen LogP contribution in [0.1, 0.15) is 43.0 Å². The van der Waals surface area contributed by atoms with E-state index in [1.165, 1.54) is 13.2 Å². The van der Waals surface area contributed by atoms with Crippen LogP contribution in [-0.2, 0) is 4.74 Å². The summed E-state index contributed by atoms with van der Waals surface area (Å²) in [5, 5.41) is 10.6. The third-order valence-electron chi connectivity index (χ3n) is 5.72. The van der Waals surface area contributed by atoms with Gasteiger partial charge in [0.25, 0.3) is 0 Å². The van der Waals surface area contributed by atoms with Crippen molar-refractivity contribution in [3.63, 3.8) is 0 Å². The third kappa shape index (κ3) is 6.05. The van der Waals surface area contributed by atoms with E-state index in [1.54, 1.807) is 36.4 Å². The van der Waals surface area contributed by atoms with E-state index in [0.717, 1.165) is 31.2 Å². The van der Waals surface area contributed by atoms with E-state index >= 15 is 0 Å². The summed E-state index contributed by atoms with van der Waals surface area (Å²) in [6, 6.07) is 21.5. The summed E-state index contributed by atoms with van der Waals surface area (Å²) in [5.41, 5.74) is 2.46. The molecule has 4 rings (SSSR count). The summed E-state index contributed by atoms with van der Waals surface area (Å²) in [6.07, 6.45) is 4.20. The molecule has 1 aromatic heterocycles. The fourth-order valence-electron chi connectivity index (χ4n) is 3.70. The number of rotatable bonds is 10. The minimum atomic E-state index is -0.345. The lowest BCUT2D eigenvalue weighted by molar-refractivity contribution is 0.0498. The minimum absolute atomic E-state index is 0.00235. The van der Waals surface area contributed by atoms with Gasteiger partial charge in [0.2, 0.25) is 0 Å². The Morgan fingerprint density at radius 2 is 1.47 bits per heavy atom. The third-order valence-corrected chi connectivity index (χ3v) is 5.72. The second-order valence-corrected chi connectivity index (χ2v) is 8.33. The number of phenols is 1. The van der Waals surface area contributed by atoms with Crippen molar-refractivity contribution in [2.45, 2.75) is 32.6 Å². The normalized spacial score (nSPS) is 10.7. The van der Waals surface area contributed by atoms with Gasteiger partial charge in [-0.2, -0.15) is 0 Å². The molecule has 3 aromatic carbocycles. The number of benzene rings is 3. The number of nitrogens with zero attached hydrogens (tertiary/aromatic N) is 3. The summed E-state index contributed by atoms with van der Waals surface area (Å²) < 4.78 is 10.6. The number of methoxy groups -OCH3 is 1. The molecule has 0 saturated heterocycles. The molecule has 0 atom stereocenters. The predicted molar refractivity (Wildman–Crippen MR) is 139 cm³/mol. The van der Waals surface area contributed by atoms with Crippen molar-refractivity contribution in [2.24, 2.45) is 0 Å². The Kier molecular flexibility index (Phi) is 8.24. The maximum absolute atomic E-state index is 12.4. The van der Waals surface area contributed by atoms with Gasteiger partial charge < -0.3 is 14.6 Å². The number of aromatic hydroxyl groups is 1. The lowest BCUT2D eigenvalue weighted by Gasteiger charge is -2.10. The molecule has 0 unspecified atom stereocenters. The summed E-state index contributed by atoms with van der Waals surface area (Å²) in [4.78, 5) is 26.3. The van der Waals surface area contributed by atoms with E-state index in [4.69, 9.17) is 9.47 Å². The van der Waals surface area contributed by atoms with Gasteiger partial charge in [-0.25, -0.2) is 19.7 Å². The molecular weight excluding hydrogens is 454 g/mol. The van der Waals surface area contributed by atoms with Crippen LogP contribution in [-0.4, -0.2) is 39.7 Å².